The Morgan fingerprint density at radius 1 is 1.06 bits per heavy atom. The molecule has 2 heterocycles. The molecule has 4 rings (SSSR count). The number of para-hydroxylation sites is 1. The molecule has 2 aliphatic rings. The highest BCUT2D eigenvalue weighted by Gasteiger charge is 2.27. The molecule has 2 saturated heterocycles. The second-order valence-electron chi connectivity index (χ2n) is 9.84. The maximum Gasteiger partial charge on any atom is 0.0696 e. The predicted octanol–water partition coefficient (Wildman–Crippen LogP) is 5.50. The second kappa shape index (κ2) is 14.9. The first-order chi connectivity index (χ1) is 17.0. The van der Waals surface area contributed by atoms with E-state index in [1.165, 1.54) is 36.0 Å². The van der Waals surface area contributed by atoms with E-state index in [-0.39, 0.29) is 6.10 Å². The molecule has 0 bridgehead atoms. The van der Waals surface area contributed by atoms with Crippen molar-refractivity contribution in [2.24, 2.45) is 11.8 Å². The number of anilines is 2. The van der Waals surface area contributed by atoms with Crippen LogP contribution in [0.5, 0.6) is 0 Å². The molecule has 35 heavy (non-hydrogen) atoms. The molecule has 1 atom stereocenters. The SMILES string of the molecule is CNc1ccccc1CC1CCN(CC(O)C2CCN(C)CC2)CC1.S=CNc1cccc(Br)c1. The van der Waals surface area contributed by atoms with Gasteiger partial charge in [0.05, 0.1) is 11.6 Å². The molecule has 0 aliphatic carbocycles. The Kier molecular flexibility index (Phi) is 12.0. The van der Waals surface area contributed by atoms with E-state index in [0.717, 1.165) is 61.6 Å². The minimum atomic E-state index is -0.143. The molecule has 5 nitrogen and oxygen atoms in total. The van der Waals surface area contributed by atoms with Crippen molar-refractivity contribution >= 4 is 45.0 Å². The predicted molar refractivity (Wildman–Crippen MR) is 157 cm³/mol. The van der Waals surface area contributed by atoms with Crippen molar-refractivity contribution in [3.8, 4) is 0 Å². The van der Waals surface area contributed by atoms with Crippen LogP contribution in [0.2, 0.25) is 0 Å². The molecule has 2 aromatic carbocycles. The van der Waals surface area contributed by atoms with Crippen LogP contribution in [0.3, 0.4) is 0 Å². The van der Waals surface area contributed by atoms with Gasteiger partial charge >= 0.3 is 0 Å². The number of benzene rings is 2. The summed E-state index contributed by atoms with van der Waals surface area (Å²) in [7, 11) is 4.19. The normalized spacial score (nSPS) is 18.9. The van der Waals surface area contributed by atoms with Crippen molar-refractivity contribution in [2.45, 2.75) is 38.2 Å². The van der Waals surface area contributed by atoms with E-state index in [9.17, 15) is 5.11 Å². The van der Waals surface area contributed by atoms with E-state index < -0.39 is 0 Å². The van der Waals surface area contributed by atoms with Crippen LogP contribution in [-0.4, -0.2) is 73.3 Å². The van der Waals surface area contributed by atoms with Crippen molar-refractivity contribution in [1.29, 1.82) is 0 Å². The van der Waals surface area contributed by atoms with Gasteiger partial charge in [-0.25, -0.2) is 0 Å². The van der Waals surface area contributed by atoms with Crippen LogP contribution in [-0.2, 0) is 6.42 Å². The first kappa shape index (κ1) is 28.1. The number of piperidine rings is 2. The van der Waals surface area contributed by atoms with Crippen molar-refractivity contribution in [3.63, 3.8) is 0 Å². The lowest BCUT2D eigenvalue weighted by atomic mass is 9.88. The van der Waals surface area contributed by atoms with E-state index in [2.05, 4.69) is 79.9 Å². The standard InChI is InChI=1S/C21H35N3O.C7H6BrNS/c1-22-20-6-4-3-5-19(20)15-17-7-13-24(14-8-17)16-21(25)18-9-11-23(2)12-10-18;8-6-2-1-3-7(4-6)9-5-10/h3-6,17-18,21-22,25H,7-16H2,1-2H3;1-5H,(H,9,10). The molecular weight excluding hydrogens is 520 g/mol. The molecule has 0 saturated carbocycles. The van der Waals surface area contributed by atoms with E-state index in [0.29, 0.717) is 5.92 Å². The molecule has 0 amide bonds. The van der Waals surface area contributed by atoms with Crippen molar-refractivity contribution < 1.29 is 5.11 Å². The second-order valence-corrected chi connectivity index (χ2v) is 11.0. The zero-order chi connectivity index (χ0) is 25.0. The lowest BCUT2D eigenvalue weighted by Gasteiger charge is -2.37. The fourth-order valence-corrected chi connectivity index (χ4v) is 5.63. The lowest BCUT2D eigenvalue weighted by molar-refractivity contribution is 0.0265. The smallest absolute Gasteiger partial charge is 0.0696 e. The van der Waals surface area contributed by atoms with Gasteiger partial charge in [-0.15, -0.1) is 0 Å². The van der Waals surface area contributed by atoms with Crippen LogP contribution in [0.15, 0.2) is 53.0 Å². The maximum atomic E-state index is 10.6. The summed E-state index contributed by atoms with van der Waals surface area (Å²) >= 11 is 7.97. The van der Waals surface area contributed by atoms with E-state index >= 15 is 0 Å². The Morgan fingerprint density at radius 2 is 1.77 bits per heavy atom. The summed E-state index contributed by atoms with van der Waals surface area (Å²) in [6.07, 6.45) is 5.82. The van der Waals surface area contributed by atoms with Gasteiger partial charge in [0.2, 0.25) is 0 Å². The molecule has 3 N–H and O–H groups in total. The van der Waals surface area contributed by atoms with Crippen molar-refractivity contribution in [2.75, 3.05) is 57.5 Å². The first-order valence-corrected chi connectivity index (χ1v) is 14.0. The first-order valence-electron chi connectivity index (χ1n) is 12.8. The molecule has 0 spiro atoms. The lowest BCUT2D eigenvalue weighted by Crippen LogP contribution is -2.44. The third kappa shape index (κ3) is 9.47. The molecule has 0 radical (unpaired) electrons. The van der Waals surface area contributed by atoms with Gasteiger partial charge in [-0.1, -0.05) is 52.4 Å². The number of aliphatic hydroxyl groups excluding tert-OH is 1. The summed E-state index contributed by atoms with van der Waals surface area (Å²) in [6, 6.07) is 16.5. The summed E-state index contributed by atoms with van der Waals surface area (Å²) in [5, 5.41) is 16.8. The summed E-state index contributed by atoms with van der Waals surface area (Å²) in [4.78, 5) is 4.86. The zero-order valence-electron chi connectivity index (χ0n) is 21.1. The Morgan fingerprint density at radius 3 is 2.43 bits per heavy atom. The third-order valence-electron chi connectivity index (χ3n) is 7.31. The van der Waals surface area contributed by atoms with Crippen LogP contribution >= 0.6 is 28.1 Å². The molecule has 192 valence electrons. The van der Waals surface area contributed by atoms with Gasteiger partial charge in [0.15, 0.2) is 0 Å². The Balaban J connectivity index is 0.000000287. The van der Waals surface area contributed by atoms with Crippen LogP contribution in [0, 0.1) is 11.8 Å². The van der Waals surface area contributed by atoms with E-state index in [1.807, 2.05) is 31.3 Å². The summed E-state index contributed by atoms with van der Waals surface area (Å²) in [5.41, 5.74) is 5.20. The van der Waals surface area contributed by atoms with Crippen molar-refractivity contribution in [3.05, 3.63) is 58.6 Å². The van der Waals surface area contributed by atoms with Crippen LogP contribution in [0.25, 0.3) is 0 Å². The molecule has 7 heteroatoms. The number of nitrogens with one attached hydrogen (secondary N) is 2. The molecule has 2 aromatic rings. The monoisotopic (exact) mass is 560 g/mol. The van der Waals surface area contributed by atoms with Gasteiger partial charge in [0, 0.05) is 29.4 Å². The van der Waals surface area contributed by atoms with Crippen LogP contribution in [0.1, 0.15) is 31.2 Å². The molecule has 1 unspecified atom stereocenters. The maximum absolute atomic E-state index is 10.6. The third-order valence-corrected chi connectivity index (χ3v) is 7.92. The molecule has 2 aliphatic heterocycles. The zero-order valence-corrected chi connectivity index (χ0v) is 23.5. The average molecular weight is 562 g/mol. The number of likely N-dealkylation sites (tertiary alicyclic amines) is 2. The van der Waals surface area contributed by atoms with Gasteiger partial charge in [-0.05, 0) is 107 Å². The Bertz CT molecular complexity index is 898. The van der Waals surface area contributed by atoms with Crippen LogP contribution in [0.4, 0.5) is 11.4 Å². The Labute approximate surface area is 225 Å². The fraction of sp³-hybridized carbons (Fsp3) is 0.536. The Hall–Kier alpha value is -1.51. The highest BCUT2D eigenvalue weighted by molar-refractivity contribution is 9.10. The number of halogens is 1. The summed E-state index contributed by atoms with van der Waals surface area (Å²) in [5.74, 6) is 1.27. The minimum Gasteiger partial charge on any atom is -0.392 e. The summed E-state index contributed by atoms with van der Waals surface area (Å²) in [6.45, 7) is 5.41. The van der Waals surface area contributed by atoms with E-state index in [1.54, 1.807) is 0 Å². The largest absolute Gasteiger partial charge is 0.392 e. The molecule has 2 fully saturated rings. The quantitative estimate of drug-likeness (QED) is 0.370. The number of nitrogens with zero attached hydrogens (tertiary/aromatic N) is 2. The van der Waals surface area contributed by atoms with Gasteiger partial charge in [0.25, 0.3) is 0 Å². The van der Waals surface area contributed by atoms with Gasteiger partial charge in [0.1, 0.15) is 0 Å². The number of aliphatic hydroxyl groups is 1. The topological polar surface area (TPSA) is 50.8 Å². The number of hydrogen-bond donors (Lipinski definition) is 3. The highest BCUT2D eigenvalue weighted by Crippen LogP contribution is 2.27. The van der Waals surface area contributed by atoms with Gasteiger partial charge < -0.3 is 25.5 Å². The number of rotatable bonds is 8. The minimum absolute atomic E-state index is 0.143. The van der Waals surface area contributed by atoms with Crippen molar-refractivity contribution in [1.82, 2.24) is 9.80 Å². The highest BCUT2D eigenvalue weighted by atomic mass is 79.9. The van der Waals surface area contributed by atoms with Gasteiger partial charge in [-0.3, -0.25) is 0 Å². The number of hydrogen-bond acceptors (Lipinski definition) is 5. The van der Waals surface area contributed by atoms with E-state index in [4.69, 9.17) is 0 Å². The fourth-order valence-electron chi connectivity index (χ4n) is 5.10. The van der Waals surface area contributed by atoms with Crippen LogP contribution < -0.4 is 10.6 Å². The molecular formula is C28H41BrN4OS. The number of thiocarbonyl (C=S) groups is 1. The van der Waals surface area contributed by atoms with Gasteiger partial charge in [-0.2, -0.15) is 0 Å². The summed E-state index contributed by atoms with van der Waals surface area (Å²) < 4.78 is 1.05. The molecule has 0 aromatic heterocycles. The number of β-amino-alcohol motifs (C(OH)–C–C–N with tert-alkyl or cyclic N) is 1. The average Bonchev–Trinajstić information content (AvgIpc) is 2.86.